The van der Waals surface area contributed by atoms with Crippen molar-refractivity contribution < 1.29 is 23.5 Å². The molecule has 1 aliphatic carbocycles. The van der Waals surface area contributed by atoms with Crippen LogP contribution in [0.1, 0.15) is 41.4 Å². The van der Waals surface area contributed by atoms with Crippen molar-refractivity contribution in [3.63, 3.8) is 0 Å². The molecular formula is C22H23FN4O4S. The summed E-state index contributed by atoms with van der Waals surface area (Å²) in [6.45, 7) is 3.30. The third-order valence-corrected chi connectivity index (χ3v) is 6.56. The number of methoxy groups -OCH3 is 1. The number of carbonyl (C=O) groups is 2. The Bertz CT molecular complexity index is 1180. The monoisotopic (exact) mass is 458 g/mol. The lowest BCUT2D eigenvalue weighted by molar-refractivity contribution is -0.119. The van der Waals surface area contributed by atoms with Gasteiger partial charge in [-0.3, -0.25) is 4.79 Å². The van der Waals surface area contributed by atoms with Crippen LogP contribution in [0.5, 0.6) is 5.75 Å². The van der Waals surface area contributed by atoms with E-state index in [9.17, 15) is 14.0 Å². The number of ether oxygens (including phenoxy) is 2. The van der Waals surface area contributed by atoms with Crippen LogP contribution in [0.2, 0.25) is 0 Å². The van der Waals surface area contributed by atoms with Crippen molar-refractivity contribution in [2.75, 3.05) is 12.4 Å². The molecule has 0 spiro atoms. The second-order valence-corrected chi connectivity index (χ2v) is 8.67. The Kier molecular flexibility index (Phi) is 6.22. The topological polar surface area (TPSA) is 102 Å². The average molecular weight is 459 g/mol. The molecule has 8 nitrogen and oxygen atoms in total. The highest BCUT2D eigenvalue weighted by atomic mass is 32.1. The van der Waals surface area contributed by atoms with Crippen molar-refractivity contribution in [1.82, 2.24) is 15.3 Å². The number of carbonyl (C=O) groups excluding carboxylic acids is 2. The van der Waals surface area contributed by atoms with Gasteiger partial charge in [-0.05, 0) is 37.5 Å². The number of benzene rings is 1. The fourth-order valence-electron chi connectivity index (χ4n) is 3.92. The van der Waals surface area contributed by atoms with E-state index in [1.807, 2.05) is 6.92 Å². The number of amides is 1. The van der Waals surface area contributed by atoms with Gasteiger partial charge in [-0.25, -0.2) is 19.2 Å². The van der Waals surface area contributed by atoms with Gasteiger partial charge in [0.05, 0.1) is 18.2 Å². The van der Waals surface area contributed by atoms with Gasteiger partial charge in [0.1, 0.15) is 39.5 Å². The predicted octanol–water partition coefficient (Wildman–Crippen LogP) is 4.11. The zero-order chi connectivity index (χ0) is 22.8. The van der Waals surface area contributed by atoms with Gasteiger partial charge in [0.2, 0.25) is 5.91 Å². The van der Waals surface area contributed by atoms with Crippen LogP contribution in [0.3, 0.4) is 0 Å². The zero-order valence-corrected chi connectivity index (χ0v) is 18.7. The first-order valence-corrected chi connectivity index (χ1v) is 11.0. The summed E-state index contributed by atoms with van der Waals surface area (Å²) in [5.41, 5.74) is 1.25. The molecule has 2 N–H and O–H groups in total. The maximum Gasteiger partial charge on any atom is 0.348 e. The number of rotatable bonds is 6. The second kappa shape index (κ2) is 9.07. The van der Waals surface area contributed by atoms with Crippen LogP contribution in [0.4, 0.5) is 15.9 Å². The van der Waals surface area contributed by atoms with Crippen LogP contribution in [0.15, 0.2) is 24.5 Å². The Labute approximate surface area is 188 Å². The fourth-order valence-corrected chi connectivity index (χ4v) is 4.99. The minimum atomic E-state index is -0.433. The lowest BCUT2D eigenvalue weighted by atomic mass is 10.2. The van der Waals surface area contributed by atoms with Crippen molar-refractivity contribution >= 4 is 44.9 Å². The van der Waals surface area contributed by atoms with Crippen molar-refractivity contribution in [3.05, 3.63) is 40.8 Å². The number of thiophene rings is 1. The number of halogens is 1. The molecule has 0 bridgehead atoms. The van der Waals surface area contributed by atoms with Crippen LogP contribution in [-0.4, -0.2) is 41.1 Å². The number of anilines is 2. The molecule has 32 heavy (non-hydrogen) atoms. The molecule has 1 aromatic carbocycles. The summed E-state index contributed by atoms with van der Waals surface area (Å²) in [6.07, 6.45) is 3.47. The van der Waals surface area contributed by atoms with Crippen LogP contribution in [0.25, 0.3) is 10.2 Å². The molecule has 1 saturated carbocycles. The molecule has 1 aliphatic rings. The molecule has 3 aromatic rings. The van der Waals surface area contributed by atoms with Gasteiger partial charge in [-0.2, -0.15) is 0 Å². The van der Waals surface area contributed by atoms with E-state index < -0.39 is 11.8 Å². The normalized spacial score (nSPS) is 17.9. The molecule has 2 aromatic heterocycles. The Hall–Kier alpha value is -3.27. The smallest absolute Gasteiger partial charge is 0.348 e. The molecule has 0 unspecified atom stereocenters. The number of fused-ring (bicyclic) bond motifs is 1. The number of nitrogens with one attached hydrogen (secondary N) is 2. The van der Waals surface area contributed by atoms with E-state index in [1.165, 1.54) is 43.8 Å². The molecule has 2 atom stereocenters. The van der Waals surface area contributed by atoms with Gasteiger partial charge in [0.15, 0.2) is 0 Å². The van der Waals surface area contributed by atoms with Crippen LogP contribution in [-0.2, 0) is 9.53 Å². The molecule has 4 rings (SSSR count). The minimum Gasteiger partial charge on any atom is -0.488 e. The standard InChI is InChI=1S/C22H23FN4O4S/c1-11-18-20(24-10-25-21(18)32-19(11)22(29)30-3)27-16-7-4-13(23)8-17(16)31-15-6-5-14(9-15)26-12(2)28/h4,7-8,10,14-15H,5-6,9H2,1-3H3,(H,26,28)(H,24,25,27)/t14-,15-/m0/s1. The van der Waals surface area contributed by atoms with Gasteiger partial charge in [0.25, 0.3) is 0 Å². The van der Waals surface area contributed by atoms with Crippen molar-refractivity contribution in [1.29, 1.82) is 0 Å². The zero-order valence-electron chi connectivity index (χ0n) is 17.9. The lowest BCUT2D eigenvalue weighted by Gasteiger charge is -2.18. The quantitative estimate of drug-likeness (QED) is 0.536. The Morgan fingerprint density at radius 3 is 2.81 bits per heavy atom. The van der Waals surface area contributed by atoms with E-state index in [0.717, 1.165) is 12.8 Å². The van der Waals surface area contributed by atoms with Gasteiger partial charge >= 0.3 is 5.97 Å². The highest BCUT2D eigenvalue weighted by molar-refractivity contribution is 7.20. The molecule has 0 saturated heterocycles. The van der Waals surface area contributed by atoms with E-state index in [0.29, 0.717) is 44.3 Å². The van der Waals surface area contributed by atoms with Gasteiger partial charge in [0, 0.05) is 25.5 Å². The molecule has 1 amide bonds. The van der Waals surface area contributed by atoms with E-state index >= 15 is 0 Å². The summed E-state index contributed by atoms with van der Waals surface area (Å²) in [5.74, 6) is -0.0927. The van der Waals surface area contributed by atoms with Gasteiger partial charge < -0.3 is 20.1 Å². The summed E-state index contributed by atoms with van der Waals surface area (Å²) < 4.78 is 25.0. The Morgan fingerprint density at radius 1 is 1.25 bits per heavy atom. The van der Waals surface area contributed by atoms with E-state index in [2.05, 4.69) is 20.6 Å². The molecule has 0 radical (unpaired) electrons. The molecule has 10 heteroatoms. The third kappa shape index (κ3) is 4.50. The first-order chi connectivity index (χ1) is 15.4. The summed E-state index contributed by atoms with van der Waals surface area (Å²) in [6, 6.07) is 4.30. The number of aryl methyl sites for hydroxylation is 1. The first-order valence-electron chi connectivity index (χ1n) is 10.2. The maximum atomic E-state index is 14.0. The highest BCUT2D eigenvalue weighted by Gasteiger charge is 2.28. The van der Waals surface area contributed by atoms with Crippen molar-refractivity contribution in [2.24, 2.45) is 0 Å². The van der Waals surface area contributed by atoms with E-state index in [-0.39, 0.29) is 18.1 Å². The van der Waals surface area contributed by atoms with Crippen LogP contribution >= 0.6 is 11.3 Å². The van der Waals surface area contributed by atoms with Crippen molar-refractivity contribution in [3.8, 4) is 5.75 Å². The van der Waals surface area contributed by atoms with E-state index in [4.69, 9.17) is 9.47 Å². The third-order valence-electron chi connectivity index (χ3n) is 5.38. The number of hydrogen-bond acceptors (Lipinski definition) is 8. The molecule has 168 valence electrons. The summed E-state index contributed by atoms with van der Waals surface area (Å²) in [4.78, 5) is 33.1. The average Bonchev–Trinajstić information content (AvgIpc) is 3.33. The number of aromatic nitrogens is 2. The Morgan fingerprint density at radius 2 is 2.06 bits per heavy atom. The first kappa shape index (κ1) is 21.9. The largest absolute Gasteiger partial charge is 0.488 e. The van der Waals surface area contributed by atoms with Gasteiger partial charge in [-0.1, -0.05) is 0 Å². The second-order valence-electron chi connectivity index (χ2n) is 7.67. The van der Waals surface area contributed by atoms with Gasteiger partial charge in [-0.15, -0.1) is 11.3 Å². The molecular weight excluding hydrogens is 435 g/mol. The summed E-state index contributed by atoms with van der Waals surface area (Å²) in [7, 11) is 1.33. The maximum absolute atomic E-state index is 14.0. The van der Waals surface area contributed by atoms with Crippen LogP contribution in [0, 0.1) is 12.7 Å². The summed E-state index contributed by atoms with van der Waals surface area (Å²) in [5, 5.41) is 6.81. The lowest BCUT2D eigenvalue weighted by Crippen LogP contribution is -2.31. The molecule has 0 aliphatic heterocycles. The number of nitrogens with zero attached hydrogens (tertiary/aromatic N) is 2. The number of hydrogen-bond donors (Lipinski definition) is 2. The number of esters is 1. The fraction of sp³-hybridized carbons (Fsp3) is 0.364. The minimum absolute atomic E-state index is 0.0501. The Balaban J connectivity index is 1.62. The molecule has 1 fully saturated rings. The highest BCUT2D eigenvalue weighted by Crippen LogP contribution is 2.37. The summed E-state index contributed by atoms with van der Waals surface area (Å²) >= 11 is 1.23. The molecule has 2 heterocycles. The SMILES string of the molecule is COC(=O)c1sc2ncnc(Nc3ccc(F)cc3O[C@H]3CC[C@H](NC(C)=O)C3)c2c1C. The van der Waals surface area contributed by atoms with E-state index in [1.54, 1.807) is 6.07 Å². The van der Waals surface area contributed by atoms with Crippen molar-refractivity contribution in [2.45, 2.75) is 45.3 Å². The predicted molar refractivity (Wildman–Crippen MR) is 119 cm³/mol. The van der Waals surface area contributed by atoms with Crippen LogP contribution < -0.4 is 15.4 Å².